The fourth-order valence-electron chi connectivity index (χ4n) is 3.14. The highest BCUT2D eigenvalue weighted by Gasteiger charge is 2.21. The molecule has 0 aromatic heterocycles. The predicted octanol–water partition coefficient (Wildman–Crippen LogP) is 5.73. The van der Waals surface area contributed by atoms with Gasteiger partial charge in [-0.25, -0.2) is 0 Å². The molecule has 2 N–H and O–H groups in total. The zero-order valence-corrected chi connectivity index (χ0v) is 18.0. The van der Waals surface area contributed by atoms with E-state index in [0.717, 1.165) is 11.1 Å². The van der Waals surface area contributed by atoms with E-state index in [0.29, 0.717) is 15.6 Å². The van der Waals surface area contributed by atoms with Crippen LogP contribution in [0.2, 0.25) is 10.0 Å². The zero-order chi connectivity index (χ0) is 21.5. The standard InChI is InChI=1S/C24H22Cl2N2O2/c1-16(17-11-13-19(25)14-12-17)27-23(29)15-22(18-7-3-2-4-8-18)28-24(30)20-9-5-6-10-21(20)26/h2-14,16,22H,15H2,1H3,(H,27,29)(H,28,30). The third-order valence-electron chi connectivity index (χ3n) is 4.76. The van der Waals surface area contributed by atoms with Crippen molar-refractivity contribution in [1.82, 2.24) is 10.6 Å². The van der Waals surface area contributed by atoms with Gasteiger partial charge in [-0.15, -0.1) is 0 Å². The summed E-state index contributed by atoms with van der Waals surface area (Å²) in [7, 11) is 0. The van der Waals surface area contributed by atoms with Crippen LogP contribution in [0.3, 0.4) is 0 Å². The van der Waals surface area contributed by atoms with E-state index in [-0.39, 0.29) is 24.3 Å². The minimum absolute atomic E-state index is 0.0954. The summed E-state index contributed by atoms with van der Waals surface area (Å²) in [6.45, 7) is 1.90. The number of hydrogen-bond acceptors (Lipinski definition) is 2. The van der Waals surface area contributed by atoms with Crippen LogP contribution in [0.4, 0.5) is 0 Å². The Labute approximate surface area is 186 Å². The minimum Gasteiger partial charge on any atom is -0.350 e. The molecule has 30 heavy (non-hydrogen) atoms. The lowest BCUT2D eigenvalue weighted by Gasteiger charge is -2.21. The molecule has 0 aliphatic heterocycles. The van der Waals surface area contributed by atoms with Gasteiger partial charge in [-0.2, -0.15) is 0 Å². The number of carbonyl (C=O) groups is 2. The third-order valence-corrected chi connectivity index (χ3v) is 5.34. The second-order valence-corrected chi connectivity index (χ2v) is 7.81. The molecule has 0 fully saturated rings. The van der Waals surface area contributed by atoms with E-state index < -0.39 is 6.04 Å². The lowest BCUT2D eigenvalue weighted by atomic mass is 10.0. The highest BCUT2D eigenvalue weighted by atomic mass is 35.5. The first kappa shape index (κ1) is 21.9. The minimum atomic E-state index is -0.493. The van der Waals surface area contributed by atoms with E-state index in [9.17, 15) is 9.59 Å². The molecule has 0 aliphatic carbocycles. The maximum atomic E-state index is 12.8. The maximum Gasteiger partial charge on any atom is 0.253 e. The average Bonchev–Trinajstić information content (AvgIpc) is 2.74. The van der Waals surface area contributed by atoms with Gasteiger partial charge in [0.05, 0.1) is 29.1 Å². The fraction of sp³-hybridized carbons (Fsp3) is 0.167. The number of carbonyl (C=O) groups excluding carboxylic acids is 2. The van der Waals surface area contributed by atoms with Gasteiger partial charge in [-0.1, -0.05) is 77.8 Å². The van der Waals surface area contributed by atoms with Gasteiger partial charge in [0, 0.05) is 5.02 Å². The molecular formula is C24H22Cl2N2O2. The van der Waals surface area contributed by atoms with Gasteiger partial charge in [-0.3, -0.25) is 9.59 Å². The number of amides is 2. The summed E-state index contributed by atoms with van der Waals surface area (Å²) in [4.78, 5) is 25.5. The van der Waals surface area contributed by atoms with Crippen molar-refractivity contribution in [1.29, 1.82) is 0 Å². The average molecular weight is 441 g/mol. The first-order valence-electron chi connectivity index (χ1n) is 9.59. The number of nitrogens with one attached hydrogen (secondary N) is 2. The number of halogens is 2. The number of rotatable bonds is 7. The van der Waals surface area contributed by atoms with E-state index in [4.69, 9.17) is 23.2 Å². The summed E-state index contributed by atoms with van der Waals surface area (Å²) >= 11 is 12.1. The highest BCUT2D eigenvalue weighted by Crippen LogP contribution is 2.21. The molecule has 3 aromatic carbocycles. The van der Waals surface area contributed by atoms with Gasteiger partial charge in [0.25, 0.3) is 5.91 Å². The molecule has 0 bridgehead atoms. The zero-order valence-electron chi connectivity index (χ0n) is 16.4. The second kappa shape index (κ2) is 10.3. The lowest BCUT2D eigenvalue weighted by molar-refractivity contribution is -0.122. The Kier molecular flexibility index (Phi) is 7.50. The van der Waals surface area contributed by atoms with Crippen LogP contribution in [-0.2, 0) is 4.79 Å². The van der Waals surface area contributed by atoms with Crippen molar-refractivity contribution in [3.05, 3.63) is 106 Å². The molecule has 4 nitrogen and oxygen atoms in total. The molecule has 0 saturated heterocycles. The van der Waals surface area contributed by atoms with Crippen LogP contribution < -0.4 is 10.6 Å². The maximum absolute atomic E-state index is 12.8. The Morgan fingerprint density at radius 2 is 1.43 bits per heavy atom. The largest absolute Gasteiger partial charge is 0.350 e. The van der Waals surface area contributed by atoms with Crippen LogP contribution in [0.5, 0.6) is 0 Å². The Balaban J connectivity index is 1.73. The highest BCUT2D eigenvalue weighted by molar-refractivity contribution is 6.33. The van der Waals surface area contributed by atoms with E-state index >= 15 is 0 Å². The number of hydrogen-bond donors (Lipinski definition) is 2. The van der Waals surface area contributed by atoms with Gasteiger partial charge < -0.3 is 10.6 Å². The summed E-state index contributed by atoms with van der Waals surface area (Å²) in [6.07, 6.45) is 0.0954. The topological polar surface area (TPSA) is 58.2 Å². The molecular weight excluding hydrogens is 419 g/mol. The molecule has 154 valence electrons. The van der Waals surface area contributed by atoms with Gasteiger partial charge in [0.15, 0.2) is 0 Å². The summed E-state index contributed by atoms with van der Waals surface area (Å²) in [6, 6.07) is 22.9. The van der Waals surface area contributed by atoms with Gasteiger partial charge >= 0.3 is 0 Å². The molecule has 2 amide bonds. The molecule has 6 heteroatoms. The van der Waals surface area contributed by atoms with Crippen molar-refractivity contribution in [2.45, 2.75) is 25.4 Å². The quantitative estimate of drug-likeness (QED) is 0.492. The Hall–Kier alpha value is -2.82. The van der Waals surface area contributed by atoms with E-state index in [1.165, 1.54) is 0 Å². The van der Waals surface area contributed by atoms with Crippen molar-refractivity contribution in [2.75, 3.05) is 0 Å². The first-order chi connectivity index (χ1) is 14.4. The fourth-order valence-corrected chi connectivity index (χ4v) is 3.49. The molecule has 0 heterocycles. The summed E-state index contributed by atoms with van der Waals surface area (Å²) in [5, 5.41) is 6.93. The Morgan fingerprint density at radius 3 is 2.10 bits per heavy atom. The molecule has 0 radical (unpaired) electrons. The van der Waals surface area contributed by atoms with E-state index in [1.54, 1.807) is 36.4 Å². The smallest absolute Gasteiger partial charge is 0.253 e. The Morgan fingerprint density at radius 1 is 0.800 bits per heavy atom. The lowest BCUT2D eigenvalue weighted by Crippen LogP contribution is -2.34. The van der Waals surface area contributed by atoms with Crippen LogP contribution in [0.1, 0.15) is 46.9 Å². The van der Waals surface area contributed by atoms with Crippen molar-refractivity contribution in [3.8, 4) is 0 Å². The van der Waals surface area contributed by atoms with E-state index in [2.05, 4.69) is 10.6 Å². The normalized spacial score (nSPS) is 12.6. The van der Waals surface area contributed by atoms with E-state index in [1.807, 2.05) is 49.4 Å². The molecule has 2 atom stereocenters. The van der Waals surface area contributed by atoms with Crippen molar-refractivity contribution < 1.29 is 9.59 Å². The Bertz CT molecular complexity index is 1010. The van der Waals surface area contributed by atoms with Gasteiger partial charge in [0.1, 0.15) is 0 Å². The SMILES string of the molecule is CC(NC(=O)CC(NC(=O)c1ccccc1Cl)c1ccccc1)c1ccc(Cl)cc1. The molecule has 0 spiro atoms. The summed E-state index contributed by atoms with van der Waals surface area (Å²) < 4.78 is 0. The van der Waals surface area contributed by atoms with Gasteiger partial charge in [-0.05, 0) is 42.3 Å². The number of benzene rings is 3. The van der Waals surface area contributed by atoms with Crippen molar-refractivity contribution >= 4 is 35.0 Å². The second-order valence-electron chi connectivity index (χ2n) is 6.96. The van der Waals surface area contributed by atoms with Crippen LogP contribution in [0, 0.1) is 0 Å². The van der Waals surface area contributed by atoms with Crippen LogP contribution in [-0.4, -0.2) is 11.8 Å². The predicted molar refractivity (Wildman–Crippen MR) is 121 cm³/mol. The summed E-state index contributed by atoms with van der Waals surface area (Å²) in [5.74, 6) is -0.501. The summed E-state index contributed by atoms with van der Waals surface area (Å²) in [5.41, 5.74) is 2.16. The third kappa shape index (κ3) is 5.85. The molecule has 0 aliphatic rings. The molecule has 3 rings (SSSR count). The first-order valence-corrected chi connectivity index (χ1v) is 10.3. The monoisotopic (exact) mass is 440 g/mol. The molecule has 3 aromatic rings. The van der Waals surface area contributed by atoms with Crippen LogP contribution in [0.15, 0.2) is 78.9 Å². The van der Waals surface area contributed by atoms with Crippen molar-refractivity contribution in [3.63, 3.8) is 0 Å². The molecule has 2 unspecified atom stereocenters. The van der Waals surface area contributed by atoms with Gasteiger partial charge in [0.2, 0.25) is 5.91 Å². The van der Waals surface area contributed by atoms with Crippen LogP contribution >= 0.6 is 23.2 Å². The molecule has 0 saturated carbocycles. The van der Waals surface area contributed by atoms with Crippen LogP contribution in [0.25, 0.3) is 0 Å². The van der Waals surface area contributed by atoms with Crippen molar-refractivity contribution in [2.24, 2.45) is 0 Å².